The molecule has 178 valence electrons. The summed E-state index contributed by atoms with van der Waals surface area (Å²) in [5.41, 5.74) is 2.10. The summed E-state index contributed by atoms with van der Waals surface area (Å²) < 4.78 is 17.7. The van der Waals surface area contributed by atoms with Gasteiger partial charge < -0.3 is 13.9 Å². The lowest BCUT2D eigenvalue weighted by atomic mass is 9.98. The molecule has 7 nitrogen and oxygen atoms in total. The lowest BCUT2D eigenvalue weighted by Gasteiger charge is -2.25. The zero-order chi connectivity index (χ0) is 24.5. The van der Waals surface area contributed by atoms with Gasteiger partial charge in [0.15, 0.2) is 16.9 Å². The van der Waals surface area contributed by atoms with Crippen LogP contribution in [0.4, 0.5) is 5.82 Å². The third-order valence-electron chi connectivity index (χ3n) is 5.97. The van der Waals surface area contributed by atoms with E-state index in [1.54, 1.807) is 36.5 Å². The number of amides is 1. The van der Waals surface area contributed by atoms with Crippen molar-refractivity contribution in [2.24, 2.45) is 0 Å². The molecule has 2 aromatic carbocycles. The lowest BCUT2D eigenvalue weighted by Crippen LogP contribution is -2.30. The summed E-state index contributed by atoms with van der Waals surface area (Å²) in [6.07, 6.45) is 2.56. The number of para-hydroxylation sites is 1. The first kappa shape index (κ1) is 22.7. The van der Waals surface area contributed by atoms with Gasteiger partial charge in [-0.1, -0.05) is 31.2 Å². The number of rotatable bonds is 7. The highest BCUT2D eigenvalue weighted by Crippen LogP contribution is 2.42. The summed E-state index contributed by atoms with van der Waals surface area (Å²) in [7, 11) is 0. The van der Waals surface area contributed by atoms with E-state index in [2.05, 4.69) is 4.98 Å². The number of pyridine rings is 1. The molecule has 0 spiro atoms. The molecule has 1 aliphatic heterocycles. The van der Waals surface area contributed by atoms with Crippen molar-refractivity contribution >= 4 is 22.7 Å². The van der Waals surface area contributed by atoms with Crippen LogP contribution in [0.25, 0.3) is 11.0 Å². The largest absolute Gasteiger partial charge is 0.490 e. The average Bonchev–Trinajstić information content (AvgIpc) is 3.16. The highest BCUT2D eigenvalue weighted by atomic mass is 16.5. The number of hydrogen-bond donors (Lipinski definition) is 0. The zero-order valence-corrected chi connectivity index (χ0v) is 19.9. The molecule has 0 radical (unpaired) electrons. The second kappa shape index (κ2) is 9.25. The topological polar surface area (TPSA) is 81.9 Å². The third kappa shape index (κ3) is 3.93. The molecule has 1 atom stereocenters. The van der Waals surface area contributed by atoms with Crippen molar-refractivity contribution in [1.82, 2.24) is 4.98 Å². The fraction of sp³-hybridized carbons (Fsp3) is 0.250. The maximum absolute atomic E-state index is 13.7. The van der Waals surface area contributed by atoms with Gasteiger partial charge in [-0.2, -0.15) is 0 Å². The summed E-state index contributed by atoms with van der Waals surface area (Å²) in [5, 5.41) is 0.427. The quantitative estimate of drug-likeness (QED) is 0.358. The van der Waals surface area contributed by atoms with Crippen molar-refractivity contribution in [3.63, 3.8) is 0 Å². The molecular formula is C28H26N2O5. The molecular weight excluding hydrogens is 444 g/mol. The van der Waals surface area contributed by atoms with Crippen LogP contribution in [-0.2, 0) is 0 Å². The average molecular weight is 471 g/mol. The van der Waals surface area contributed by atoms with Crippen molar-refractivity contribution in [2.75, 3.05) is 18.1 Å². The number of hydrogen-bond acceptors (Lipinski definition) is 6. The Morgan fingerprint density at radius 3 is 2.57 bits per heavy atom. The van der Waals surface area contributed by atoms with E-state index in [1.807, 2.05) is 45.0 Å². The molecule has 7 heteroatoms. The molecule has 0 aliphatic carbocycles. The molecule has 0 fully saturated rings. The number of benzene rings is 2. The van der Waals surface area contributed by atoms with Gasteiger partial charge in [-0.3, -0.25) is 14.5 Å². The van der Waals surface area contributed by atoms with Gasteiger partial charge in [0, 0.05) is 6.20 Å². The van der Waals surface area contributed by atoms with E-state index >= 15 is 0 Å². The first-order valence-electron chi connectivity index (χ1n) is 11.7. The van der Waals surface area contributed by atoms with E-state index in [1.165, 1.54) is 4.90 Å². The molecule has 2 aromatic heterocycles. The smallest absolute Gasteiger partial charge is 0.296 e. The van der Waals surface area contributed by atoms with Crippen LogP contribution in [0.3, 0.4) is 0 Å². The predicted molar refractivity (Wildman–Crippen MR) is 134 cm³/mol. The van der Waals surface area contributed by atoms with E-state index in [9.17, 15) is 9.59 Å². The predicted octanol–water partition coefficient (Wildman–Crippen LogP) is 5.43. The Morgan fingerprint density at radius 2 is 1.83 bits per heavy atom. The van der Waals surface area contributed by atoms with Crippen molar-refractivity contribution in [3.05, 3.63) is 93.5 Å². The van der Waals surface area contributed by atoms with Crippen LogP contribution in [0.1, 0.15) is 53.6 Å². The number of anilines is 1. The Morgan fingerprint density at radius 1 is 1.00 bits per heavy atom. The minimum atomic E-state index is -0.729. The number of carbonyl (C=O) groups is 1. The van der Waals surface area contributed by atoms with Gasteiger partial charge in [0.1, 0.15) is 11.4 Å². The van der Waals surface area contributed by atoms with Crippen LogP contribution in [0, 0.1) is 6.92 Å². The number of aromatic nitrogens is 1. The molecule has 3 heterocycles. The van der Waals surface area contributed by atoms with Crippen molar-refractivity contribution in [1.29, 1.82) is 0 Å². The van der Waals surface area contributed by atoms with Crippen molar-refractivity contribution in [3.8, 4) is 11.5 Å². The summed E-state index contributed by atoms with van der Waals surface area (Å²) in [6, 6.07) is 15.4. The van der Waals surface area contributed by atoms with Crippen LogP contribution in [0.2, 0.25) is 0 Å². The summed E-state index contributed by atoms with van der Waals surface area (Å²) in [4.78, 5) is 33.4. The molecule has 1 amide bonds. The normalized spacial score (nSPS) is 14.9. The minimum absolute atomic E-state index is 0.0327. The van der Waals surface area contributed by atoms with E-state index in [0.717, 1.165) is 12.0 Å². The first-order chi connectivity index (χ1) is 17.0. The second-order valence-corrected chi connectivity index (χ2v) is 8.43. The van der Waals surface area contributed by atoms with Gasteiger partial charge in [-0.25, -0.2) is 4.98 Å². The van der Waals surface area contributed by atoms with Crippen LogP contribution in [-0.4, -0.2) is 24.1 Å². The molecule has 1 aliphatic rings. The van der Waals surface area contributed by atoms with Gasteiger partial charge in [0.25, 0.3) is 5.91 Å². The molecule has 5 rings (SSSR count). The highest BCUT2D eigenvalue weighted by Gasteiger charge is 2.44. The fourth-order valence-electron chi connectivity index (χ4n) is 4.37. The molecule has 0 bridgehead atoms. The fourth-order valence-corrected chi connectivity index (χ4v) is 4.37. The van der Waals surface area contributed by atoms with Crippen LogP contribution in [0.15, 0.2) is 70.0 Å². The Labute approximate surface area is 202 Å². The van der Waals surface area contributed by atoms with E-state index in [0.29, 0.717) is 52.6 Å². The minimum Gasteiger partial charge on any atom is -0.490 e. The van der Waals surface area contributed by atoms with E-state index < -0.39 is 11.9 Å². The van der Waals surface area contributed by atoms with Crippen molar-refractivity contribution < 1.29 is 18.7 Å². The Balaban J connectivity index is 1.74. The van der Waals surface area contributed by atoms with Gasteiger partial charge in [0.05, 0.1) is 30.2 Å². The standard InChI is InChI=1S/C28H26N2O5/c1-4-14-34-21-12-11-18(15-22(21)33-5-2)25-24-26(31)19-8-6-7-9-20(19)35-27(24)28(32)30(25)23-13-10-17(3)16-29-23/h6-13,15-16,25H,4-5,14H2,1-3H3/t25-/m0/s1. The molecule has 35 heavy (non-hydrogen) atoms. The van der Waals surface area contributed by atoms with Crippen LogP contribution < -0.4 is 19.8 Å². The maximum Gasteiger partial charge on any atom is 0.296 e. The van der Waals surface area contributed by atoms with Crippen molar-refractivity contribution in [2.45, 2.75) is 33.2 Å². The number of nitrogens with zero attached hydrogens (tertiary/aromatic N) is 2. The molecule has 0 saturated heterocycles. The highest BCUT2D eigenvalue weighted by molar-refractivity contribution is 6.10. The zero-order valence-electron chi connectivity index (χ0n) is 19.9. The van der Waals surface area contributed by atoms with Gasteiger partial charge >= 0.3 is 0 Å². The number of ether oxygens (including phenoxy) is 2. The Kier molecular flexibility index (Phi) is 5.99. The summed E-state index contributed by atoms with van der Waals surface area (Å²) >= 11 is 0. The molecule has 0 N–H and O–H groups in total. The van der Waals surface area contributed by atoms with E-state index in [-0.39, 0.29) is 11.2 Å². The number of carbonyl (C=O) groups excluding carboxylic acids is 1. The Hall–Kier alpha value is -4.13. The summed E-state index contributed by atoms with van der Waals surface area (Å²) in [5.74, 6) is 1.23. The maximum atomic E-state index is 13.7. The summed E-state index contributed by atoms with van der Waals surface area (Å²) in [6.45, 7) is 6.86. The number of fused-ring (bicyclic) bond motifs is 2. The lowest BCUT2D eigenvalue weighted by molar-refractivity contribution is 0.0970. The second-order valence-electron chi connectivity index (χ2n) is 8.43. The Bertz CT molecular complexity index is 1460. The monoisotopic (exact) mass is 470 g/mol. The van der Waals surface area contributed by atoms with Gasteiger partial charge in [-0.05, 0) is 61.7 Å². The van der Waals surface area contributed by atoms with Crippen LogP contribution in [0.5, 0.6) is 11.5 Å². The first-order valence-corrected chi connectivity index (χ1v) is 11.7. The number of aryl methyl sites for hydroxylation is 1. The molecule has 0 unspecified atom stereocenters. The molecule has 0 saturated carbocycles. The third-order valence-corrected chi connectivity index (χ3v) is 5.97. The SMILES string of the molecule is CCCOc1ccc([C@H]2c3c(oc4ccccc4c3=O)C(=O)N2c2ccc(C)cn2)cc1OCC. The van der Waals surface area contributed by atoms with Crippen LogP contribution >= 0.6 is 0 Å². The molecule has 4 aromatic rings. The van der Waals surface area contributed by atoms with Gasteiger partial charge in [0.2, 0.25) is 5.76 Å². The van der Waals surface area contributed by atoms with E-state index in [4.69, 9.17) is 13.9 Å². The van der Waals surface area contributed by atoms with Gasteiger partial charge in [-0.15, -0.1) is 0 Å².